The fraction of sp³-hybridized carbons (Fsp3) is 0.526. The first-order chi connectivity index (χ1) is 13.1. The number of rotatable bonds is 6. The predicted octanol–water partition coefficient (Wildman–Crippen LogP) is 3.08. The molecule has 0 aliphatic heterocycles. The number of aromatic nitrogens is 3. The molecular weight excluding hydrogens is 373 g/mol. The average Bonchev–Trinajstić information content (AvgIpc) is 3.35. The molecule has 1 amide bonds. The Morgan fingerprint density at radius 1 is 1.36 bits per heavy atom. The second-order valence-electron chi connectivity index (χ2n) is 7.48. The Labute approximate surface area is 160 Å². The van der Waals surface area contributed by atoms with E-state index < -0.39 is 17.8 Å². The first-order valence-corrected chi connectivity index (χ1v) is 9.19. The van der Waals surface area contributed by atoms with Crippen LogP contribution in [0.2, 0.25) is 0 Å². The van der Waals surface area contributed by atoms with Gasteiger partial charge in [0, 0.05) is 25.3 Å². The number of amides is 1. The summed E-state index contributed by atoms with van der Waals surface area (Å²) in [6.07, 6.45) is -0.940. The summed E-state index contributed by atoms with van der Waals surface area (Å²) in [6, 6.07) is 2.89. The Kier molecular flexibility index (Phi) is 5.36. The molecule has 0 saturated heterocycles. The molecule has 3 rings (SSSR count). The zero-order valence-electron chi connectivity index (χ0n) is 16.0. The molecule has 1 aliphatic rings. The number of carbonyl (C=O) groups is 1. The maximum atomic E-state index is 13.1. The van der Waals surface area contributed by atoms with Gasteiger partial charge in [-0.25, -0.2) is 0 Å². The lowest BCUT2D eigenvalue weighted by atomic mass is 10.1. The monoisotopic (exact) mass is 396 g/mol. The van der Waals surface area contributed by atoms with E-state index in [0.29, 0.717) is 5.56 Å². The summed E-state index contributed by atoms with van der Waals surface area (Å²) in [5, 5.41) is 6.58. The third-order valence-electron chi connectivity index (χ3n) is 4.78. The lowest BCUT2D eigenvalue weighted by Gasteiger charge is -2.16. The summed E-state index contributed by atoms with van der Waals surface area (Å²) in [5.74, 6) is -0.809. The van der Waals surface area contributed by atoms with Crippen LogP contribution >= 0.6 is 0 Å². The van der Waals surface area contributed by atoms with Gasteiger partial charge >= 0.3 is 6.18 Å². The highest BCUT2D eigenvalue weighted by Gasteiger charge is 2.35. The van der Waals surface area contributed by atoms with Crippen LogP contribution in [0.25, 0.3) is 0 Å². The SMILES string of the molecule is Cc1cc(C(F)(F)F)n(CC(C)CNC(=O)c2c(C)ccn(C3CC3)c2=O)n1. The Balaban J connectivity index is 1.67. The molecule has 1 saturated carbocycles. The number of carbonyl (C=O) groups excluding carboxylic acids is 1. The Morgan fingerprint density at radius 2 is 2.04 bits per heavy atom. The quantitative estimate of drug-likeness (QED) is 0.816. The molecule has 0 bridgehead atoms. The van der Waals surface area contributed by atoms with Crippen LogP contribution in [-0.2, 0) is 12.7 Å². The number of nitrogens with one attached hydrogen (secondary N) is 1. The minimum atomic E-state index is -4.49. The fourth-order valence-corrected chi connectivity index (χ4v) is 3.19. The standard InChI is InChI=1S/C19H23F3N4O2/c1-11(10-26-15(19(20,21)22)8-13(3)24-26)9-23-17(27)16-12(2)6-7-25(18(16)28)14-4-5-14/h6-8,11,14H,4-5,9-10H2,1-3H3,(H,23,27). The van der Waals surface area contributed by atoms with Crippen molar-refractivity contribution in [3.8, 4) is 0 Å². The number of nitrogens with zero attached hydrogens (tertiary/aromatic N) is 3. The first-order valence-electron chi connectivity index (χ1n) is 9.19. The summed E-state index contributed by atoms with van der Waals surface area (Å²) in [5.41, 5.74) is -0.185. The van der Waals surface area contributed by atoms with Gasteiger partial charge < -0.3 is 9.88 Å². The van der Waals surface area contributed by atoms with Crippen molar-refractivity contribution < 1.29 is 18.0 Å². The highest BCUT2D eigenvalue weighted by atomic mass is 19.4. The largest absolute Gasteiger partial charge is 0.433 e. The normalized spacial score (nSPS) is 15.5. The minimum Gasteiger partial charge on any atom is -0.352 e. The van der Waals surface area contributed by atoms with Crippen LogP contribution < -0.4 is 10.9 Å². The summed E-state index contributed by atoms with van der Waals surface area (Å²) >= 11 is 0. The van der Waals surface area contributed by atoms with Crippen LogP contribution in [0, 0.1) is 19.8 Å². The van der Waals surface area contributed by atoms with Crippen molar-refractivity contribution >= 4 is 5.91 Å². The van der Waals surface area contributed by atoms with Gasteiger partial charge in [-0.2, -0.15) is 18.3 Å². The van der Waals surface area contributed by atoms with Crippen LogP contribution in [-0.4, -0.2) is 26.8 Å². The molecule has 1 fully saturated rings. The molecule has 2 heterocycles. The van der Waals surface area contributed by atoms with E-state index in [4.69, 9.17) is 0 Å². The molecule has 1 N–H and O–H groups in total. The first kappa shape index (κ1) is 20.2. The van der Waals surface area contributed by atoms with Crippen LogP contribution in [0.3, 0.4) is 0 Å². The van der Waals surface area contributed by atoms with Gasteiger partial charge in [0.1, 0.15) is 11.3 Å². The maximum absolute atomic E-state index is 13.1. The average molecular weight is 396 g/mol. The summed E-state index contributed by atoms with van der Waals surface area (Å²) in [7, 11) is 0. The minimum absolute atomic E-state index is 0.00302. The van der Waals surface area contributed by atoms with Crippen molar-refractivity contribution in [1.82, 2.24) is 19.7 Å². The van der Waals surface area contributed by atoms with Crippen LogP contribution in [0.1, 0.15) is 53.1 Å². The van der Waals surface area contributed by atoms with Gasteiger partial charge in [0.25, 0.3) is 11.5 Å². The number of hydrogen-bond acceptors (Lipinski definition) is 3. The molecule has 6 nitrogen and oxygen atoms in total. The molecule has 9 heteroatoms. The smallest absolute Gasteiger partial charge is 0.352 e. The second kappa shape index (κ2) is 7.44. The van der Waals surface area contributed by atoms with Crippen molar-refractivity contribution in [3.63, 3.8) is 0 Å². The molecule has 1 atom stereocenters. The van der Waals surface area contributed by atoms with Gasteiger partial charge in [-0.15, -0.1) is 0 Å². The summed E-state index contributed by atoms with van der Waals surface area (Å²) in [4.78, 5) is 25.1. The summed E-state index contributed by atoms with van der Waals surface area (Å²) < 4.78 is 41.7. The summed E-state index contributed by atoms with van der Waals surface area (Å²) in [6.45, 7) is 5.05. The lowest BCUT2D eigenvalue weighted by Crippen LogP contribution is -2.36. The van der Waals surface area contributed by atoms with Gasteiger partial charge in [-0.1, -0.05) is 6.92 Å². The number of halogens is 3. The lowest BCUT2D eigenvalue weighted by molar-refractivity contribution is -0.144. The van der Waals surface area contributed by atoms with E-state index >= 15 is 0 Å². The van der Waals surface area contributed by atoms with Crippen molar-refractivity contribution in [2.45, 2.75) is 52.4 Å². The fourth-order valence-electron chi connectivity index (χ4n) is 3.19. The molecule has 28 heavy (non-hydrogen) atoms. The van der Waals surface area contributed by atoms with Gasteiger partial charge in [-0.3, -0.25) is 14.3 Å². The molecular formula is C19H23F3N4O2. The molecule has 1 unspecified atom stereocenters. The zero-order chi connectivity index (χ0) is 20.6. The third kappa shape index (κ3) is 4.28. The Bertz CT molecular complexity index is 942. The van der Waals surface area contributed by atoms with Crippen molar-refractivity contribution in [2.75, 3.05) is 6.54 Å². The molecule has 1 aliphatic carbocycles. The second-order valence-corrected chi connectivity index (χ2v) is 7.48. The molecule has 0 radical (unpaired) electrons. The van der Waals surface area contributed by atoms with Crippen molar-refractivity contribution in [1.29, 1.82) is 0 Å². The van der Waals surface area contributed by atoms with Gasteiger partial charge in [0.15, 0.2) is 0 Å². The molecule has 2 aromatic rings. The highest BCUT2D eigenvalue weighted by molar-refractivity contribution is 5.95. The number of pyridine rings is 1. The van der Waals surface area contributed by atoms with E-state index in [1.165, 1.54) is 6.92 Å². The Morgan fingerprint density at radius 3 is 2.64 bits per heavy atom. The van der Waals surface area contributed by atoms with Crippen molar-refractivity contribution in [3.05, 3.63) is 51.2 Å². The van der Waals surface area contributed by atoms with Crippen molar-refractivity contribution in [2.24, 2.45) is 5.92 Å². The zero-order valence-corrected chi connectivity index (χ0v) is 16.0. The molecule has 2 aromatic heterocycles. The van der Waals surface area contributed by atoms with Gasteiger partial charge in [0.2, 0.25) is 0 Å². The van der Waals surface area contributed by atoms with Crippen LogP contribution in [0.5, 0.6) is 0 Å². The topological polar surface area (TPSA) is 68.9 Å². The van der Waals surface area contributed by atoms with E-state index in [1.54, 1.807) is 30.7 Å². The Hall–Kier alpha value is -2.58. The van der Waals surface area contributed by atoms with E-state index in [-0.39, 0.29) is 41.9 Å². The molecule has 0 aromatic carbocycles. The van der Waals surface area contributed by atoms with Gasteiger partial charge in [-0.05, 0) is 50.3 Å². The van der Waals surface area contributed by atoms with Crippen LogP contribution in [0.4, 0.5) is 13.2 Å². The number of aryl methyl sites for hydroxylation is 2. The third-order valence-corrected chi connectivity index (χ3v) is 4.78. The van der Waals surface area contributed by atoms with E-state index in [9.17, 15) is 22.8 Å². The van der Waals surface area contributed by atoms with E-state index in [2.05, 4.69) is 10.4 Å². The molecule has 152 valence electrons. The predicted molar refractivity (Wildman–Crippen MR) is 97.2 cm³/mol. The highest BCUT2D eigenvalue weighted by Crippen LogP contribution is 2.33. The number of alkyl halides is 3. The molecule has 0 spiro atoms. The maximum Gasteiger partial charge on any atom is 0.433 e. The van der Waals surface area contributed by atoms with E-state index in [1.807, 2.05) is 0 Å². The van der Waals surface area contributed by atoms with Crippen LogP contribution in [0.15, 0.2) is 23.1 Å². The number of hydrogen-bond donors (Lipinski definition) is 1. The van der Waals surface area contributed by atoms with Gasteiger partial charge in [0.05, 0.1) is 5.69 Å². The van der Waals surface area contributed by atoms with E-state index in [0.717, 1.165) is 23.6 Å².